The van der Waals surface area contributed by atoms with E-state index in [1.807, 2.05) is 20.9 Å². The van der Waals surface area contributed by atoms with Crippen LogP contribution in [0.3, 0.4) is 0 Å². The standard InChI is InChI=1S/C12H15N3O2/c1-8(10-7-13-15(3)9(10)2)14-12(16)11-5-4-6-17-11/h4-8H,1-3H3,(H,14,16). The van der Waals surface area contributed by atoms with Crippen molar-refractivity contribution in [2.45, 2.75) is 19.9 Å². The van der Waals surface area contributed by atoms with Gasteiger partial charge in [0.1, 0.15) is 0 Å². The first-order valence-electron chi connectivity index (χ1n) is 5.42. The largest absolute Gasteiger partial charge is 0.459 e. The molecular formula is C12H15N3O2. The fraction of sp³-hybridized carbons (Fsp3) is 0.333. The van der Waals surface area contributed by atoms with E-state index in [-0.39, 0.29) is 11.9 Å². The highest BCUT2D eigenvalue weighted by atomic mass is 16.3. The molecule has 0 aliphatic heterocycles. The molecule has 5 heteroatoms. The molecule has 17 heavy (non-hydrogen) atoms. The third kappa shape index (κ3) is 2.22. The molecule has 0 saturated carbocycles. The van der Waals surface area contributed by atoms with Gasteiger partial charge in [0.05, 0.1) is 18.5 Å². The second-order valence-corrected chi connectivity index (χ2v) is 3.98. The van der Waals surface area contributed by atoms with Crippen molar-refractivity contribution in [3.05, 3.63) is 41.6 Å². The molecule has 5 nitrogen and oxygen atoms in total. The minimum Gasteiger partial charge on any atom is -0.459 e. The van der Waals surface area contributed by atoms with Gasteiger partial charge < -0.3 is 9.73 Å². The van der Waals surface area contributed by atoms with Crippen LogP contribution in [0.15, 0.2) is 29.0 Å². The number of rotatable bonds is 3. The van der Waals surface area contributed by atoms with Crippen molar-refractivity contribution >= 4 is 5.91 Å². The number of aromatic nitrogens is 2. The number of carbonyl (C=O) groups is 1. The number of nitrogens with zero attached hydrogens (tertiary/aromatic N) is 2. The van der Waals surface area contributed by atoms with E-state index in [0.717, 1.165) is 11.3 Å². The lowest BCUT2D eigenvalue weighted by molar-refractivity contribution is 0.0912. The minimum atomic E-state index is -0.217. The lowest BCUT2D eigenvalue weighted by atomic mass is 10.1. The Morgan fingerprint density at radius 2 is 2.35 bits per heavy atom. The maximum Gasteiger partial charge on any atom is 0.287 e. The maximum atomic E-state index is 11.8. The molecule has 0 saturated heterocycles. The summed E-state index contributed by atoms with van der Waals surface area (Å²) in [5.41, 5.74) is 2.05. The molecule has 90 valence electrons. The number of carbonyl (C=O) groups excluding carboxylic acids is 1. The molecule has 0 aliphatic rings. The second-order valence-electron chi connectivity index (χ2n) is 3.98. The second kappa shape index (κ2) is 4.45. The predicted molar refractivity (Wildman–Crippen MR) is 62.5 cm³/mol. The number of hydrogen-bond donors (Lipinski definition) is 1. The molecular weight excluding hydrogens is 218 g/mol. The zero-order valence-electron chi connectivity index (χ0n) is 10.1. The van der Waals surface area contributed by atoms with Crippen LogP contribution in [-0.4, -0.2) is 15.7 Å². The van der Waals surface area contributed by atoms with Gasteiger partial charge in [0.15, 0.2) is 5.76 Å². The molecule has 1 unspecified atom stereocenters. The number of furan rings is 1. The van der Waals surface area contributed by atoms with Gasteiger partial charge in [-0.3, -0.25) is 9.48 Å². The summed E-state index contributed by atoms with van der Waals surface area (Å²) in [6, 6.07) is 3.23. The van der Waals surface area contributed by atoms with Crippen LogP contribution >= 0.6 is 0 Å². The molecule has 0 radical (unpaired) electrons. The average Bonchev–Trinajstić information content (AvgIpc) is 2.90. The van der Waals surface area contributed by atoms with Gasteiger partial charge in [-0.05, 0) is 26.0 Å². The van der Waals surface area contributed by atoms with E-state index >= 15 is 0 Å². The molecule has 0 spiro atoms. The van der Waals surface area contributed by atoms with E-state index in [1.54, 1.807) is 23.0 Å². The fourth-order valence-corrected chi connectivity index (χ4v) is 1.69. The van der Waals surface area contributed by atoms with Gasteiger partial charge in [0, 0.05) is 18.3 Å². The molecule has 2 heterocycles. The van der Waals surface area contributed by atoms with Crippen LogP contribution in [0.5, 0.6) is 0 Å². The average molecular weight is 233 g/mol. The first-order valence-corrected chi connectivity index (χ1v) is 5.42. The molecule has 2 rings (SSSR count). The van der Waals surface area contributed by atoms with Gasteiger partial charge in [-0.15, -0.1) is 0 Å². The van der Waals surface area contributed by atoms with Gasteiger partial charge in [0.2, 0.25) is 0 Å². The van der Waals surface area contributed by atoms with Crippen molar-refractivity contribution in [3.63, 3.8) is 0 Å². The van der Waals surface area contributed by atoms with E-state index in [9.17, 15) is 4.79 Å². The number of aryl methyl sites for hydroxylation is 1. The summed E-state index contributed by atoms with van der Waals surface area (Å²) in [5.74, 6) is 0.101. The summed E-state index contributed by atoms with van der Waals surface area (Å²) in [6.07, 6.45) is 3.25. The van der Waals surface area contributed by atoms with E-state index in [4.69, 9.17) is 4.42 Å². The van der Waals surface area contributed by atoms with Crippen molar-refractivity contribution in [1.29, 1.82) is 0 Å². The Bertz CT molecular complexity index is 514. The highest BCUT2D eigenvalue weighted by Gasteiger charge is 2.16. The third-order valence-corrected chi connectivity index (χ3v) is 2.83. The van der Waals surface area contributed by atoms with Crippen molar-refractivity contribution in [2.75, 3.05) is 0 Å². The lowest BCUT2D eigenvalue weighted by Gasteiger charge is -2.12. The number of hydrogen-bond acceptors (Lipinski definition) is 3. The SMILES string of the molecule is Cc1c(C(C)NC(=O)c2ccco2)cnn1C. The summed E-state index contributed by atoms with van der Waals surface area (Å²) >= 11 is 0. The molecule has 2 aromatic heterocycles. The molecule has 0 aromatic carbocycles. The van der Waals surface area contributed by atoms with Gasteiger partial charge in [-0.25, -0.2) is 0 Å². The molecule has 0 aliphatic carbocycles. The first kappa shape index (κ1) is 11.4. The van der Waals surface area contributed by atoms with Crippen molar-refractivity contribution in [3.8, 4) is 0 Å². The van der Waals surface area contributed by atoms with Crippen LogP contribution in [0, 0.1) is 6.92 Å². The topological polar surface area (TPSA) is 60.1 Å². The molecule has 2 aromatic rings. The Kier molecular flexibility index (Phi) is 2.99. The van der Waals surface area contributed by atoms with Crippen molar-refractivity contribution < 1.29 is 9.21 Å². The lowest BCUT2D eigenvalue weighted by Crippen LogP contribution is -2.26. The summed E-state index contributed by atoms with van der Waals surface area (Å²) < 4.78 is 6.82. The van der Waals surface area contributed by atoms with E-state index in [2.05, 4.69) is 10.4 Å². The normalized spacial score (nSPS) is 12.4. The number of nitrogens with one attached hydrogen (secondary N) is 1. The monoisotopic (exact) mass is 233 g/mol. The van der Waals surface area contributed by atoms with Crippen LogP contribution < -0.4 is 5.32 Å². The maximum absolute atomic E-state index is 11.8. The molecule has 0 bridgehead atoms. The van der Waals surface area contributed by atoms with Gasteiger partial charge in [-0.1, -0.05) is 0 Å². The molecule has 1 amide bonds. The molecule has 0 fully saturated rings. The van der Waals surface area contributed by atoms with Gasteiger partial charge >= 0.3 is 0 Å². The Morgan fingerprint density at radius 1 is 1.59 bits per heavy atom. The van der Waals surface area contributed by atoms with Crippen molar-refractivity contribution in [2.24, 2.45) is 7.05 Å². The Hall–Kier alpha value is -2.04. The summed E-state index contributed by atoms with van der Waals surface area (Å²) in [4.78, 5) is 11.8. The molecule has 1 atom stereocenters. The van der Waals surface area contributed by atoms with Crippen LogP contribution in [0.1, 0.15) is 34.8 Å². The van der Waals surface area contributed by atoms with Gasteiger partial charge in [-0.2, -0.15) is 5.10 Å². The zero-order chi connectivity index (χ0) is 12.4. The minimum absolute atomic E-state index is 0.0960. The fourth-order valence-electron chi connectivity index (χ4n) is 1.69. The zero-order valence-corrected chi connectivity index (χ0v) is 10.1. The summed E-state index contributed by atoms with van der Waals surface area (Å²) in [5, 5.41) is 7.02. The van der Waals surface area contributed by atoms with Gasteiger partial charge in [0.25, 0.3) is 5.91 Å². The van der Waals surface area contributed by atoms with Crippen LogP contribution in [0.25, 0.3) is 0 Å². The van der Waals surface area contributed by atoms with Crippen LogP contribution in [0.4, 0.5) is 0 Å². The third-order valence-electron chi connectivity index (χ3n) is 2.83. The van der Waals surface area contributed by atoms with E-state index in [0.29, 0.717) is 5.76 Å². The highest BCUT2D eigenvalue weighted by Crippen LogP contribution is 2.16. The quantitative estimate of drug-likeness (QED) is 0.879. The van der Waals surface area contributed by atoms with E-state index in [1.165, 1.54) is 6.26 Å². The predicted octanol–water partition coefficient (Wildman–Crippen LogP) is 1.81. The van der Waals surface area contributed by atoms with Crippen LogP contribution in [-0.2, 0) is 7.05 Å². The summed E-state index contributed by atoms with van der Waals surface area (Å²) in [7, 11) is 1.87. The highest BCUT2D eigenvalue weighted by molar-refractivity contribution is 5.91. The Balaban J connectivity index is 2.10. The molecule has 1 N–H and O–H groups in total. The first-order chi connectivity index (χ1) is 8.09. The summed E-state index contributed by atoms with van der Waals surface area (Å²) in [6.45, 7) is 3.89. The Morgan fingerprint density at radius 3 is 2.88 bits per heavy atom. The Labute approximate surface area is 99.4 Å². The smallest absolute Gasteiger partial charge is 0.287 e. The number of amides is 1. The van der Waals surface area contributed by atoms with E-state index < -0.39 is 0 Å². The van der Waals surface area contributed by atoms with Crippen molar-refractivity contribution in [1.82, 2.24) is 15.1 Å². The van der Waals surface area contributed by atoms with Crippen LogP contribution in [0.2, 0.25) is 0 Å².